The maximum absolute atomic E-state index is 12.7. The van der Waals surface area contributed by atoms with Crippen molar-refractivity contribution in [2.24, 2.45) is 0 Å². The van der Waals surface area contributed by atoms with Crippen LogP contribution in [0.3, 0.4) is 0 Å². The topological polar surface area (TPSA) is 59.3 Å². The number of benzene rings is 2. The predicted octanol–water partition coefficient (Wildman–Crippen LogP) is 5.07. The molecule has 0 amide bonds. The lowest BCUT2D eigenvalue weighted by atomic mass is 10.0. The predicted molar refractivity (Wildman–Crippen MR) is 97.3 cm³/mol. The van der Waals surface area contributed by atoms with E-state index in [4.69, 9.17) is 21.1 Å². The van der Waals surface area contributed by atoms with E-state index in [-0.39, 0.29) is 18.1 Å². The molecule has 0 aliphatic carbocycles. The van der Waals surface area contributed by atoms with Gasteiger partial charge in [0, 0.05) is 20.5 Å². The number of carbonyl (C=O) groups excluding carboxylic acids is 1. The highest BCUT2D eigenvalue weighted by Crippen LogP contribution is 2.37. The van der Waals surface area contributed by atoms with Crippen LogP contribution in [0.4, 0.5) is 0 Å². The molecular weight excluding hydrogens is 358 g/mol. The largest absolute Gasteiger partial charge is 0.454 e. The van der Waals surface area contributed by atoms with Crippen molar-refractivity contribution in [3.63, 3.8) is 0 Å². The van der Waals surface area contributed by atoms with E-state index >= 15 is 0 Å². The van der Waals surface area contributed by atoms with Crippen molar-refractivity contribution in [2.45, 2.75) is 0 Å². The number of halogens is 1. The van der Waals surface area contributed by atoms with Crippen LogP contribution in [0.2, 0.25) is 5.02 Å². The van der Waals surface area contributed by atoms with Gasteiger partial charge in [-0.25, -0.2) is 0 Å². The summed E-state index contributed by atoms with van der Waals surface area (Å²) in [6.07, 6.45) is 1.54. The van der Waals surface area contributed by atoms with Crippen LogP contribution in [-0.2, 0) is 0 Å². The Bertz CT molecular complexity index is 1080. The number of fused-ring (bicyclic) bond motifs is 2. The number of carbonyl (C=O) groups is 1. The standard InChI is InChI=1S/C19H10ClNO3S/c20-18-13-3-1-2-4-16(13)25-17(18)8-12(9-21)19(22)11-5-6-14-15(7-11)24-10-23-14/h1-8H,10H2/b12-8-. The lowest BCUT2D eigenvalue weighted by Gasteiger charge is -2.01. The molecule has 0 unspecified atom stereocenters. The SMILES string of the molecule is N#C/C(=C/c1sc2ccccc2c1Cl)C(=O)c1ccc2c(c1)OCO2. The molecule has 122 valence electrons. The first-order valence-electron chi connectivity index (χ1n) is 7.40. The van der Waals surface area contributed by atoms with Crippen LogP contribution in [0.25, 0.3) is 16.2 Å². The van der Waals surface area contributed by atoms with Gasteiger partial charge in [-0.05, 0) is 30.3 Å². The summed E-state index contributed by atoms with van der Waals surface area (Å²) in [7, 11) is 0. The summed E-state index contributed by atoms with van der Waals surface area (Å²) < 4.78 is 11.5. The number of allylic oxidation sites excluding steroid dienone is 1. The summed E-state index contributed by atoms with van der Waals surface area (Å²) in [5.41, 5.74) is 0.390. The number of thiophene rings is 1. The molecule has 0 N–H and O–H groups in total. The maximum atomic E-state index is 12.7. The van der Waals surface area contributed by atoms with Gasteiger partial charge < -0.3 is 9.47 Å². The van der Waals surface area contributed by atoms with E-state index < -0.39 is 0 Å². The fraction of sp³-hybridized carbons (Fsp3) is 0.0526. The molecule has 4 rings (SSSR count). The first-order chi connectivity index (χ1) is 12.2. The monoisotopic (exact) mass is 367 g/mol. The minimum absolute atomic E-state index is 0.0207. The minimum Gasteiger partial charge on any atom is -0.454 e. The van der Waals surface area contributed by atoms with E-state index in [0.717, 1.165) is 10.1 Å². The molecule has 1 aromatic heterocycles. The summed E-state index contributed by atoms with van der Waals surface area (Å²) >= 11 is 7.84. The van der Waals surface area contributed by atoms with Crippen molar-refractivity contribution >= 4 is 44.9 Å². The normalized spacial score (nSPS) is 13.0. The highest BCUT2D eigenvalue weighted by Gasteiger charge is 2.19. The quantitative estimate of drug-likeness (QED) is 0.368. The van der Waals surface area contributed by atoms with Crippen molar-refractivity contribution < 1.29 is 14.3 Å². The van der Waals surface area contributed by atoms with Gasteiger partial charge in [-0.2, -0.15) is 5.26 Å². The number of rotatable bonds is 3. The van der Waals surface area contributed by atoms with E-state index in [0.29, 0.717) is 27.0 Å². The number of hydrogen-bond acceptors (Lipinski definition) is 5. The summed E-state index contributed by atoms with van der Waals surface area (Å²) in [5.74, 6) is 0.712. The van der Waals surface area contributed by atoms with Gasteiger partial charge in [0.2, 0.25) is 12.6 Å². The van der Waals surface area contributed by atoms with Crippen LogP contribution >= 0.6 is 22.9 Å². The molecule has 3 aromatic rings. The van der Waals surface area contributed by atoms with Crippen LogP contribution in [0.5, 0.6) is 11.5 Å². The van der Waals surface area contributed by atoms with Gasteiger partial charge in [0.15, 0.2) is 11.5 Å². The van der Waals surface area contributed by atoms with E-state index in [1.54, 1.807) is 24.3 Å². The number of nitriles is 1. The number of ketones is 1. The highest BCUT2D eigenvalue weighted by molar-refractivity contribution is 7.20. The molecule has 6 heteroatoms. The Hall–Kier alpha value is -2.81. The van der Waals surface area contributed by atoms with Crippen molar-refractivity contribution in [1.29, 1.82) is 5.26 Å². The summed E-state index contributed by atoms with van der Waals surface area (Å²) in [6, 6.07) is 14.5. The van der Waals surface area contributed by atoms with Crippen molar-refractivity contribution in [2.75, 3.05) is 6.79 Å². The third kappa shape index (κ3) is 2.76. The molecule has 0 spiro atoms. The second kappa shape index (κ2) is 6.25. The molecule has 0 saturated heterocycles. The van der Waals surface area contributed by atoms with Gasteiger partial charge in [0.1, 0.15) is 11.6 Å². The maximum Gasteiger partial charge on any atom is 0.231 e. The first kappa shape index (κ1) is 15.7. The summed E-state index contributed by atoms with van der Waals surface area (Å²) in [6.45, 7) is 0.130. The fourth-order valence-corrected chi connectivity index (χ4v) is 4.03. The van der Waals surface area contributed by atoms with Gasteiger partial charge in [0.25, 0.3) is 0 Å². The molecule has 0 bridgehead atoms. The lowest BCUT2D eigenvalue weighted by Crippen LogP contribution is -2.01. The van der Waals surface area contributed by atoms with Gasteiger partial charge >= 0.3 is 0 Å². The second-order valence-corrected chi connectivity index (χ2v) is 6.81. The molecule has 1 aliphatic rings. The average Bonchev–Trinajstić information content (AvgIpc) is 3.23. The third-order valence-electron chi connectivity index (χ3n) is 3.84. The zero-order chi connectivity index (χ0) is 17.4. The Morgan fingerprint density at radius 2 is 2.00 bits per heavy atom. The Morgan fingerprint density at radius 1 is 1.20 bits per heavy atom. The van der Waals surface area contributed by atoms with Crippen LogP contribution < -0.4 is 9.47 Å². The van der Waals surface area contributed by atoms with Crippen LogP contribution in [0.15, 0.2) is 48.0 Å². The molecular formula is C19H10ClNO3S. The Balaban J connectivity index is 1.74. The minimum atomic E-state index is -0.380. The smallest absolute Gasteiger partial charge is 0.231 e. The number of hydrogen-bond donors (Lipinski definition) is 0. The molecule has 2 aromatic carbocycles. The molecule has 25 heavy (non-hydrogen) atoms. The van der Waals surface area contributed by atoms with Gasteiger partial charge in [0.05, 0.1) is 5.02 Å². The Kier molecular flexibility index (Phi) is 3.92. The van der Waals surface area contributed by atoms with Crippen molar-refractivity contribution in [3.8, 4) is 17.6 Å². The summed E-state index contributed by atoms with van der Waals surface area (Å²) in [5, 5.41) is 10.9. The van der Waals surface area contributed by atoms with E-state index in [9.17, 15) is 10.1 Å². The van der Waals surface area contributed by atoms with Crippen LogP contribution in [-0.4, -0.2) is 12.6 Å². The van der Waals surface area contributed by atoms with Crippen LogP contribution in [0.1, 0.15) is 15.2 Å². The number of ether oxygens (including phenoxy) is 2. The third-order valence-corrected chi connectivity index (χ3v) is 5.47. The molecule has 0 radical (unpaired) electrons. The Labute approximate surface area is 152 Å². The zero-order valence-electron chi connectivity index (χ0n) is 12.8. The van der Waals surface area contributed by atoms with Crippen LogP contribution in [0, 0.1) is 11.3 Å². The average molecular weight is 368 g/mol. The first-order valence-corrected chi connectivity index (χ1v) is 8.60. The molecule has 0 saturated carbocycles. The fourth-order valence-electron chi connectivity index (χ4n) is 2.60. The number of Topliss-reactive ketones (excluding diaryl/α,β-unsaturated/α-hetero) is 1. The number of nitrogens with zero attached hydrogens (tertiary/aromatic N) is 1. The Morgan fingerprint density at radius 3 is 2.80 bits per heavy atom. The lowest BCUT2D eigenvalue weighted by molar-refractivity contribution is 0.103. The van der Waals surface area contributed by atoms with E-state index in [1.165, 1.54) is 11.3 Å². The zero-order valence-corrected chi connectivity index (χ0v) is 14.4. The van der Waals surface area contributed by atoms with E-state index in [2.05, 4.69) is 0 Å². The molecule has 0 atom stereocenters. The molecule has 4 nitrogen and oxygen atoms in total. The van der Waals surface area contributed by atoms with Gasteiger partial charge in [-0.3, -0.25) is 4.79 Å². The molecule has 0 fully saturated rings. The van der Waals surface area contributed by atoms with Gasteiger partial charge in [-0.15, -0.1) is 11.3 Å². The second-order valence-electron chi connectivity index (χ2n) is 5.34. The molecule has 1 aliphatic heterocycles. The van der Waals surface area contributed by atoms with Crippen molar-refractivity contribution in [3.05, 3.63) is 63.5 Å². The van der Waals surface area contributed by atoms with Crippen molar-refractivity contribution in [1.82, 2.24) is 0 Å². The highest BCUT2D eigenvalue weighted by atomic mass is 35.5. The van der Waals surface area contributed by atoms with Gasteiger partial charge in [-0.1, -0.05) is 29.8 Å². The summed E-state index contributed by atoms with van der Waals surface area (Å²) in [4.78, 5) is 13.4. The van der Waals surface area contributed by atoms with E-state index in [1.807, 2.05) is 30.3 Å². The molecule has 2 heterocycles.